The van der Waals surface area contributed by atoms with Crippen LogP contribution in [0.5, 0.6) is 0 Å². The van der Waals surface area contributed by atoms with E-state index in [4.69, 9.17) is 16.6 Å². The highest BCUT2D eigenvalue weighted by atomic mass is 32.1. The lowest BCUT2D eigenvalue weighted by atomic mass is 10.2. The molecule has 25 heavy (non-hydrogen) atoms. The summed E-state index contributed by atoms with van der Waals surface area (Å²) in [5.74, 6) is 0.775. The van der Waals surface area contributed by atoms with Crippen LogP contribution in [0.2, 0.25) is 0 Å². The minimum atomic E-state index is -0.447. The molecule has 0 amide bonds. The topological polar surface area (TPSA) is 97.3 Å². The molecule has 8 nitrogen and oxygen atoms in total. The largest absolute Gasteiger partial charge is 0.419 e. The van der Waals surface area contributed by atoms with Gasteiger partial charge in [0.15, 0.2) is 5.11 Å². The molecule has 132 valence electrons. The first-order valence-corrected chi connectivity index (χ1v) is 8.49. The maximum absolute atomic E-state index is 10.7. The van der Waals surface area contributed by atoms with E-state index in [1.165, 1.54) is 12.1 Å². The molecule has 0 spiro atoms. The van der Waals surface area contributed by atoms with Crippen LogP contribution in [-0.2, 0) is 6.54 Å². The van der Waals surface area contributed by atoms with Crippen LogP contribution < -0.4 is 5.32 Å². The smallest absolute Gasteiger partial charge is 0.269 e. The van der Waals surface area contributed by atoms with E-state index < -0.39 is 4.92 Å². The van der Waals surface area contributed by atoms with Crippen molar-refractivity contribution in [1.29, 1.82) is 0 Å². The number of rotatable bonds is 6. The number of hydrogen-bond donors (Lipinski definition) is 1. The molecule has 0 bridgehead atoms. The van der Waals surface area contributed by atoms with Gasteiger partial charge in [-0.2, -0.15) is 0 Å². The highest BCUT2D eigenvalue weighted by molar-refractivity contribution is 7.80. The van der Waals surface area contributed by atoms with Crippen molar-refractivity contribution in [2.75, 3.05) is 0 Å². The van der Waals surface area contributed by atoms with Crippen LogP contribution in [0.3, 0.4) is 0 Å². The van der Waals surface area contributed by atoms with Gasteiger partial charge in [0.2, 0.25) is 11.8 Å². The summed E-state index contributed by atoms with van der Waals surface area (Å²) < 4.78 is 5.70. The fraction of sp³-hybridized carbons (Fsp3) is 0.438. The van der Waals surface area contributed by atoms with Crippen molar-refractivity contribution < 1.29 is 9.34 Å². The summed E-state index contributed by atoms with van der Waals surface area (Å²) in [6.45, 7) is 4.51. The predicted molar refractivity (Wildman–Crippen MR) is 95.8 cm³/mol. The van der Waals surface area contributed by atoms with Crippen LogP contribution in [0.1, 0.15) is 32.6 Å². The van der Waals surface area contributed by atoms with Crippen molar-refractivity contribution >= 4 is 23.0 Å². The Morgan fingerprint density at radius 3 is 2.64 bits per heavy atom. The number of nitro benzene ring substituents is 1. The van der Waals surface area contributed by atoms with E-state index in [-0.39, 0.29) is 11.7 Å². The summed E-state index contributed by atoms with van der Waals surface area (Å²) >= 11 is 5.47. The molecular formula is C16H19N5O3S. The van der Waals surface area contributed by atoms with Gasteiger partial charge >= 0.3 is 0 Å². The molecule has 1 fully saturated rings. The molecule has 2 aromatic rings. The second kappa shape index (κ2) is 7.14. The number of nitro groups is 1. The highest BCUT2D eigenvalue weighted by Crippen LogP contribution is 2.23. The van der Waals surface area contributed by atoms with Crippen LogP contribution in [0.4, 0.5) is 5.69 Å². The van der Waals surface area contributed by atoms with E-state index in [0.717, 1.165) is 12.8 Å². The molecule has 1 N–H and O–H groups in total. The van der Waals surface area contributed by atoms with Gasteiger partial charge in [-0.05, 0) is 51.0 Å². The molecule has 1 heterocycles. The third-order valence-corrected chi connectivity index (χ3v) is 4.24. The Balaban J connectivity index is 1.70. The molecule has 3 rings (SSSR count). The summed E-state index contributed by atoms with van der Waals surface area (Å²) in [6.07, 6.45) is 2.30. The Morgan fingerprint density at radius 1 is 1.40 bits per heavy atom. The third kappa shape index (κ3) is 4.30. The van der Waals surface area contributed by atoms with E-state index in [9.17, 15) is 10.1 Å². The molecular weight excluding hydrogens is 342 g/mol. The summed E-state index contributed by atoms with van der Waals surface area (Å²) in [7, 11) is 0. The molecule has 9 heteroatoms. The predicted octanol–water partition coefficient (Wildman–Crippen LogP) is 2.89. The maximum atomic E-state index is 10.7. The van der Waals surface area contributed by atoms with Gasteiger partial charge in [0.25, 0.3) is 5.69 Å². The lowest BCUT2D eigenvalue weighted by Gasteiger charge is -2.28. The Labute approximate surface area is 150 Å². The van der Waals surface area contributed by atoms with Crippen molar-refractivity contribution in [3.8, 4) is 11.5 Å². The number of aromatic nitrogens is 2. The third-order valence-electron chi connectivity index (χ3n) is 3.89. The van der Waals surface area contributed by atoms with Crippen LogP contribution in [0.15, 0.2) is 28.7 Å². The Kier molecular flexibility index (Phi) is 4.93. The molecule has 1 aromatic heterocycles. The van der Waals surface area contributed by atoms with Crippen LogP contribution in [0.25, 0.3) is 11.5 Å². The second-order valence-corrected chi connectivity index (χ2v) is 6.64. The lowest BCUT2D eigenvalue weighted by molar-refractivity contribution is -0.384. The molecule has 0 unspecified atom stereocenters. The van der Waals surface area contributed by atoms with E-state index in [0.29, 0.717) is 35.0 Å². The molecule has 1 saturated carbocycles. The molecule has 1 aliphatic carbocycles. The van der Waals surface area contributed by atoms with Crippen LogP contribution in [-0.4, -0.2) is 37.2 Å². The van der Waals surface area contributed by atoms with Gasteiger partial charge in [-0.15, -0.1) is 10.2 Å². The van der Waals surface area contributed by atoms with Gasteiger partial charge in [0.1, 0.15) is 0 Å². The van der Waals surface area contributed by atoms with Gasteiger partial charge in [-0.1, -0.05) is 0 Å². The number of thiocarbonyl (C=S) groups is 1. The minimum Gasteiger partial charge on any atom is -0.419 e. The molecule has 0 aliphatic heterocycles. The summed E-state index contributed by atoms with van der Waals surface area (Å²) in [5, 5.41) is 22.8. The minimum absolute atomic E-state index is 0.0194. The zero-order valence-corrected chi connectivity index (χ0v) is 14.8. The summed E-state index contributed by atoms with van der Waals surface area (Å²) in [5.41, 5.74) is 0.657. The molecule has 0 saturated heterocycles. The van der Waals surface area contributed by atoms with Crippen LogP contribution in [0, 0.1) is 10.1 Å². The normalized spacial score (nSPS) is 13.7. The average molecular weight is 361 g/mol. The Morgan fingerprint density at radius 2 is 2.08 bits per heavy atom. The van der Waals surface area contributed by atoms with E-state index in [1.807, 2.05) is 4.90 Å². The first-order valence-electron chi connectivity index (χ1n) is 8.08. The van der Waals surface area contributed by atoms with Crippen molar-refractivity contribution in [1.82, 2.24) is 20.4 Å². The fourth-order valence-electron chi connectivity index (χ4n) is 2.28. The number of nitrogens with zero attached hydrogens (tertiary/aromatic N) is 4. The Hall–Kier alpha value is -2.55. The zero-order valence-electron chi connectivity index (χ0n) is 14.0. The van der Waals surface area contributed by atoms with Crippen molar-refractivity contribution in [3.63, 3.8) is 0 Å². The van der Waals surface area contributed by atoms with E-state index in [2.05, 4.69) is 29.4 Å². The Bertz CT molecular complexity index is 770. The van der Waals surface area contributed by atoms with Gasteiger partial charge in [0, 0.05) is 29.8 Å². The van der Waals surface area contributed by atoms with Gasteiger partial charge in [-0.3, -0.25) is 10.1 Å². The van der Waals surface area contributed by atoms with Crippen LogP contribution >= 0.6 is 12.2 Å². The monoisotopic (exact) mass is 361 g/mol. The number of non-ortho nitro benzene ring substituents is 1. The summed E-state index contributed by atoms with van der Waals surface area (Å²) in [4.78, 5) is 12.3. The first-order chi connectivity index (χ1) is 11.9. The molecule has 0 atom stereocenters. The molecule has 0 radical (unpaired) electrons. The molecule has 1 aromatic carbocycles. The fourth-order valence-corrected chi connectivity index (χ4v) is 2.72. The van der Waals surface area contributed by atoms with E-state index >= 15 is 0 Å². The van der Waals surface area contributed by atoms with Crippen molar-refractivity contribution in [3.05, 3.63) is 40.3 Å². The molecule has 1 aliphatic rings. The van der Waals surface area contributed by atoms with Crippen molar-refractivity contribution in [2.24, 2.45) is 0 Å². The highest BCUT2D eigenvalue weighted by Gasteiger charge is 2.25. The van der Waals surface area contributed by atoms with Gasteiger partial charge < -0.3 is 14.6 Å². The lowest BCUT2D eigenvalue weighted by Crippen LogP contribution is -2.44. The second-order valence-electron chi connectivity index (χ2n) is 6.25. The van der Waals surface area contributed by atoms with Gasteiger partial charge in [0.05, 0.1) is 11.5 Å². The first kappa shape index (κ1) is 17.3. The van der Waals surface area contributed by atoms with Gasteiger partial charge in [-0.25, -0.2) is 0 Å². The summed E-state index contributed by atoms with van der Waals surface area (Å²) in [6, 6.07) is 6.67. The zero-order chi connectivity index (χ0) is 18.0. The number of benzene rings is 1. The maximum Gasteiger partial charge on any atom is 0.269 e. The standard InChI is InChI=1S/C16H19N5O3S/c1-10(2)20(16(25)17-12-5-6-12)9-14-18-19-15(24-14)11-3-7-13(8-4-11)21(22)23/h3-4,7-8,10,12H,5-6,9H2,1-2H3,(H,17,25). The quantitative estimate of drug-likeness (QED) is 0.476. The number of hydrogen-bond acceptors (Lipinski definition) is 6. The van der Waals surface area contributed by atoms with Crippen molar-refractivity contribution in [2.45, 2.75) is 45.3 Å². The number of nitrogens with one attached hydrogen (secondary N) is 1. The SMILES string of the molecule is CC(C)N(Cc1nnc(-c2ccc([N+](=O)[O-])cc2)o1)C(=S)NC1CC1. The average Bonchev–Trinajstić information content (AvgIpc) is 3.26. The van der Waals surface area contributed by atoms with E-state index in [1.54, 1.807) is 12.1 Å².